The number of anilines is 2. The maximum Gasteiger partial charge on any atom is 0.416 e. The quantitative estimate of drug-likeness (QED) is 0.447. The van der Waals surface area contributed by atoms with Gasteiger partial charge in [0.05, 0.1) is 19.8 Å². The van der Waals surface area contributed by atoms with Crippen LogP contribution in [0.3, 0.4) is 0 Å². The van der Waals surface area contributed by atoms with Gasteiger partial charge in [-0.1, -0.05) is 19.1 Å². The number of amides is 1. The number of nitrogens with zero attached hydrogens (tertiary/aromatic N) is 4. The molecule has 1 aliphatic heterocycles. The van der Waals surface area contributed by atoms with E-state index < -0.39 is 17.6 Å². The lowest BCUT2D eigenvalue weighted by Crippen LogP contribution is -2.55. The van der Waals surface area contributed by atoms with Gasteiger partial charge in [-0.3, -0.25) is 4.79 Å². The number of piperazine rings is 1. The average Bonchev–Trinajstić information content (AvgIpc) is 2.91. The number of benzene rings is 2. The number of ether oxygens (including phenoxy) is 2. The fourth-order valence-electron chi connectivity index (χ4n) is 4.63. The first-order valence-corrected chi connectivity index (χ1v) is 12.2. The summed E-state index contributed by atoms with van der Waals surface area (Å²) < 4.78 is 63.9. The van der Waals surface area contributed by atoms with Gasteiger partial charge < -0.3 is 25.0 Å². The van der Waals surface area contributed by atoms with Crippen molar-refractivity contribution in [3.8, 4) is 11.5 Å². The van der Waals surface area contributed by atoms with Crippen LogP contribution in [0.2, 0.25) is 0 Å². The third-order valence-corrected chi connectivity index (χ3v) is 6.77. The molecule has 8 nitrogen and oxygen atoms in total. The molecular weight excluding hydrogens is 506 g/mol. The Hall–Kier alpha value is -3.83. The molecular formula is C26H29F4N5O3. The number of carbonyl (C=O) groups excluding carboxylic acids is 1. The summed E-state index contributed by atoms with van der Waals surface area (Å²) in [4.78, 5) is 25.4. The number of nitrogen functional groups attached to an aromatic ring is 1. The number of rotatable bonds is 7. The Bertz CT molecular complexity index is 1320. The Morgan fingerprint density at radius 1 is 1.13 bits per heavy atom. The second kappa shape index (κ2) is 10.9. The number of alkyl halides is 3. The Kier molecular flexibility index (Phi) is 7.79. The van der Waals surface area contributed by atoms with Crippen LogP contribution in [0.15, 0.2) is 30.3 Å². The number of halogens is 4. The van der Waals surface area contributed by atoms with Crippen LogP contribution in [-0.4, -0.2) is 60.7 Å². The molecule has 4 rings (SSSR count). The molecule has 12 heteroatoms. The van der Waals surface area contributed by atoms with Gasteiger partial charge in [-0.2, -0.15) is 18.2 Å². The van der Waals surface area contributed by atoms with Gasteiger partial charge in [-0.15, -0.1) is 0 Å². The van der Waals surface area contributed by atoms with Crippen LogP contribution < -0.4 is 20.1 Å². The molecule has 0 radical (unpaired) electrons. The summed E-state index contributed by atoms with van der Waals surface area (Å²) in [5, 5.41) is 0.300. The number of aryl methyl sites for hydroxylation is 1. The molecule has 1 unspecified atom stereocenters. The molecule has 1 saturated heterocycles. The van der Waals surface area contributed by atoms with Crippen molar-refractivity contribution in [1.29, 1.82) is 0 Å². The first-order valence-electron chi connectivity index (χ1n) is 12.2. The Balaban J connectivity index is 1.48. The summed E-state index contributed by atoms with van der Waals surface area (Å²) in [7, 11) is 2.73. The van der Waals surface area contributed by atoms with Gasteiger partial charge in [0.25, 0.3) is 0 Å². The number of hydrogen-bond acceptors (Lipinski definition) is 7. The predicted molar refractivity (Wildman–Crippen MR) is 135 cm³/mol. The number of aromatic nitrogens is 2. The van der Waals surface area contributed by atoms with Gasteiger partial charge in [-0.25, -0.2) is 9.37 Å². The second-order valence-corrected chi connectivity index (χ2v) is 9.02. The summed E-state index contributed by atoms with van der Waals surface area (Å²) >= 11 is 0. The van der Waals surface area contributed by atoms with E-state index in [1.165, 1.54) is 32.4 Å². The maximum absolute atomic E-state index is 15.2. The minimum Gasteiger partial charge on any atom is -0.493 e. The molecule has 2 heterocycles. The maximum atomic E-state index is 15.2. The topological polar surface area (TPSA) is 93.8 Å². The van der Waals surface area contributed by atoms with Crippen LogP contribution in [0.5, 0.6) is 11.5 Å². The van der Waals surface area contributed by atoms with Crippen LogP contribution in [0, 0.1) is 5.82 Å². The average molecular weight is 536 g/mol. The summed E-state index contributed by atoms with van der Waals surface area (Å²) in [6, 6.07) is 6.23. The third kappa shape index (κ3) is 5.39. The predicted octanol–water partition coefficient (Wildman–Crippen LogP) is 4.45. The molecule has 1 aliphatic rings. The zero-order valence-electron chi connectivity index (χ0n) is 21.3. The van der Waals surface area contributed by atoms with Gasteiger partial charge in [0.1, 0.15) is 11.3 Å². The minimum atomic E-state index is -4.40. The molecule has 204 valence electrons. The number of fused-ring (bicyclic) bond motifs is 1. The lowest BCUT2D eigenvalue weighted by Gasteiger charge is -2.41. The Morgan fingerprint density at radius 2 is 1.84 bits per heavy atom. The molecule has 0 aliphatic carbocycles. The van der Waals surface area contributed by atoms with E-state index >= 15 is 4.39 Å². The van der Waals surface area contributed by atoms with Crippen LogP contribution in [-0.2, 0) is 17.4 Å². The highest BCUT2D eigenvalue weighted by molar-refractivity contribution is 5.92. The number of nitrogens with two attached hydrogens (primary N) is 1. The van der Waals surface area contributed by atoms with Crippen molar-refractivity contribution >= 4 is 28.6 Å². The van der Waals surface area contributed by atoms with Crippen molar-refractivity contribution in [2.45, 2.75) is 38.4 Å². The number of hydrogen-bond donors (Lipinski definition) is 1. The lowest BCUT2D eigenvalue weighted by molar-refractivity contribution is -0.137. The van der Waals surface area contributed by atoms with E-state index in [0.29, 0.717) is 43.4 Å². The summed E-state index contributed by atoms with van der Waals surface area (Å²) in [5.41, 5.74) is 6.12. The monoisotopic (exact) mass is 535 g/mol. The molecule has 0 spiro atoms. The van der Waals surface area contributed by atoms with E-state index in [-0.39, 0.29) is 47.2 Å². The van der Waals surface area contributed by atoms with Crippen molar-refractivity contribution in [2.24, 2.45) is 0 Å². The standard InChI is InChI=1S/C26H29F4N5O3/c1-4-17-14-34(20(36)10-7-15-5-8-16(9-6-15)26(28,29)30)11-12-35(17)25-32-22-18(24(31)33-25)13-19(37-2)23(38-3)21(22)27/h5-6,8-9,13,17H,4,7,10-12,14H2,1-3H3,(H2,31,32,33). The normalized spacial score (nSPS) is 16.1. The van der Waals surface area contributed by atoms with Gasteiger partial charge in [0, 0.05) is 37.5 Å². The van der Waals surface area contributed by atoms with Gasteiger partial charge in [-0.05, 0) is 36.6 Å². The summed E-state index contributed by atoms with van der Waals surface area (Å²) in [6.07, 6.45) is -3.22. The van der Waals surface area contributed by atoms with E-state index in [9.17, 15) is 18.0 Å². The van der Waals surface area contributed by atoms with Crippen LogP contribution in [0.4, 0.5) is 29.3 Å². The van der Waals surface area contributed by atoms with E-state index in [1.807, 2.05) is 11.8 Å². The molecule has 38 heavy (non-hydrogen) atoms. The van der Waals surface area contributed by atoms with Crippen molar-refractivity contribution < 1.29 is 31.8 Å². The molecule has 2 aromatic carbocycles. The van der Waals surface area contributed by atoms with Crippen LogP contribution in [0.1, 0.15) is 30.9 Å². The van der Waals surface area contributed by atoms with Crippen molar-refractivity contribution in [2.75, 3.05) is 44.5 Å². The smallest absolute Gasteiger partial charge is 0.416 e. The zero-order chi connectivity index (χ0) is 27.6. The third-order valence-electron chi connectivity index (χ3n) is 6.77. The largest absolute Gasteiger partial charge is 0.493 e. The number of carbonyl (C=O) groups is 1. The molecule has 2 N–H and O–H groups in total. The molecule has 0 saturated carbocycles. The second-order valence-electron chi connectivity index (χ2n) is 9.02. The van der Waals surface area contributed by atoms with E-state index in [0.717, 1.165) is 12.1 Å². The SMILES string of the molecule is CCC1CN(C(=O)CCc2ccc(C(F)(F)F)cc2)CCN1c1nc(N)c2cc(OC)c(OC)c(F)c2n1. The lowest BCUT2D eigenvalue weighted by atomic mass is 10.1. The van der Waals surface area contributed by atoms with E-state index in [4.69, 9.17) is 15.2 Å². The highest BCUT2D eigenvalue weighted by Gasteiger charge is 2.32. The molecule has 1 aromatic heterocycles. The highest BCUT2D eigenvalue weighted by atomic mass is 19.4. The minimum absolute atomic E-state index is 0.00931. The van der Waals surface area contributed by atoms with Gasteiger partial charge in [0.15, 0.2) is 17.3 Å². The fraction of sp³-hybridized carbons (Fsp3) is 0.423. The fourth-order valence-corrected chi connectivity index (χ4v) is 4.63. The molecule has 3 aromatic rings. The Labute approximate surface area is 217 Å². The van der Waals surface area contributed by atoms with Gasteiger partial charge in [0.2, 0.25) is 11.9 Å². The molecule has 1 amide bonds. The zero-order valence-corrected chi connectivity index (χ0v) is 21.3. The summed E-state index contributed by atoms with van der Waals surface area (Å²) in [5.74, 6) is -0.360. The van der Waals surface area contributed by atoms with Crippen LogP contribution in [0.25, 0.3) is 10.9 Å². The van der Waals surface area contributed by atoms with E-state index in [1.54, 1.807) is 4.90 Å². The Morgan fingerprint density at radius 3 is 2.45 bits per heavy atom. The first kappa shape index (κ1) is 27.2. The van der Waals surface area contributed by atoms with E-state index in [2.05, 4.69) is 9.97 Å². The summed E-state index contributed by atoms with van der Waals surface area (Å²) in [6.45, 7) is 3.16. The van der Waals surface area contributed by atoms with Crippen molar-refractivity contribution in [3.05, 3.63) is 47.3 Å². The van der Waals surface area contributed by atoms with Crippen molar-refractivity contribution in [1.82, 2.24) is 14.9 Å². The highest BCUT2D eigenvalue weighted by Crippen LogP contribution is 2.38. The number of methoxy groups -OCH3 is 2. The van der Waals surface area contributed by atoms with Gasteiger partial charge >= 0.3 is 6.18 Å². The molecule has 1 atom stereocenters. The first-order chi connectivity index (χ1) is 18.1. The molecule has 1 fully saturated rings. The molecule has 0 bridgehead atoms. The van der Waals surface area contributed by atoms with Crippen molar-refractivity contribution in [3.63, 3.8) is 0 Å². The van der Waals surface area contributed by atoms with Crippen LogP contribution >= 0.6 is 0 Å².